The third-order valence-electron chi connectivity index (χ3n) is 5.07. The highest BCUT2D eigenvalue weighted by atomic mass is 19.4. The highest BCUT2D eigenvalue weighted by molar-refractivity contribution is 5.61. The molecule has 1 aliphatic rings. The van der Waals surface area contributed by atoms with E-state index in [9.17, 15) is 18.3 Å². The quantitative estimate of drug-likeness (QED) is 0.708. The van der Waals surface area contributed by atoms with E-state index in [-0.39, 0.29) is 23.9 Å². The standard InChI is InChI=1S/C20H19F3N4O2/c21-20(22,23)16-3-1-2-14(10-16)18-25-19(29-26-18)15-4-5-17(24-11-15)27-8-6-13(12-28)7-9-27/h1-5,10-11,13,28H,6-9,12H2. The number of hydrogen-bond acceptors (Lipinski definition) is 6. The summed E-state index contributed by atoms with van der Waals surface area (Å²) in [6, 6.07) is 8.45. The summed E-state index contributed by atoms with van der Waals surface area (Å²) < 4.78 is 43.9. The van der Waals surface area contributed by atoms with Gasteiger partial charge in [-0.1, -0.05) is 17.3 Å². The van der Waals surface area contributed by atoms with Crippen molar-refractivity contribution in [2.24, 2.45) is 5.92 Å². The first kappa shape index (κ1) is 19.4. The Labute approximate surface area is 165 Å². The highest BCUT2D eigenvalue weighted by Crippen LogP contribution is 2.32. The number of aliphatic hydroxyl groups excluding tert-OH is 1. The maximum absolute atomic E-state index is 12.9. The molecule has 29 heavy (non-hydrogen) atoms. The van der Waals surface area contributed by atoms with Crippen molar-refractivity contribution in [3.8, 4) is 22.8 Å². The minimum Gasteiger partial charge on any atom is -0.396 e. The van der Waals surface area contributed by atoms with Crippen molar-refractivity contribution in [3.05, 3.63) is 48.2 Å². The Morgan fingerprint density at radius 3 is 2.55 bits per heavy atom. The molecule has 1 aromatic carbocycles. The lowest BCUT2D eigenvalue weighted by molar-refractivity contribution is -0.137. The molecule has 1 fully saturated rings. The average molecular weight is 404 g/mol. The zero-order valence-electron chi connectivity index (χ0n) is 15.4. The molecule has 3 aromatic rings. The molecule has 6 nitrogen and oxygen atoms in total. The number of anilines is 1. The van der Waals surface area contributed by atoms with Crippen LogP contribution in [-0.4, -0.2) is 39.9 Å². The normalized spacial score (nSPS) is 15.7. The summed E-state index contributed by atoms with van der Waals surface area (Å²) in [6.45, 7) is 1.88. The summed E-state index contributed by atoms with van der Waals surface area (Å²) in [5, 5.41) is 13.0. The molecule has 2 aromatic heterocycles. The Morgan fingerprint density at radius 2 is 1.90 bits per heavy atom. The molecule has 0 bridgehead atoms. The van der Waals surface area contributed by atoms with E-state index in [2.05, 4.69) is 20.0 Å². The van der Waals surface area contributed by atoms with Crippen molar-refractivity contribution >= 4 is 5.82 Å². The van der Waals surface area contributed by atoms with Gasteiger partial charge in [-0.25, -0.2) is 4.98 Å². The lowest BCUT2D eigenvalue weighted by Crippen LogP contribution is -2.35. The number of piperidine rings is 1. The second-order valence-electron chi connectivity index (χ2n) is 7.02. The molecular formula is C20H19F3N4O2. The molecule has 9 heteroatoms. The van der Waals surface area contributed by atoms with Crippen molar-refractivity contribution in [1.82, 2.24) is 15.1 Å². The highest BCUT2D eigenvalue weighted by Gasteiger charge is 2.30. The van der Waals surface area contributed by atoms with Crippen molar-refractivity contribution in [3.63, 3.8) is 0 Å². The van der Waals surface area contributed by atoms with E-state index >= 15 is 0 Å². The zero-order chi connectivity index (χ0) is 20.4. The second-order valence-corrected chi connectivity index (χ2v) is 7.02. The molecular weight excluding hydrogens is 385 g/mol. The predicted octanol–water partition coefficient (Wildman–Crippen LogP) is 4.03. The Morgan fingerprint density at radius 1 is 1.10 bits per heavy atom. The van der Waals surface area contributed by atoms with Crippen LogP contribution in [0.2, 0.25) is 0 Å². The fraction of sp³-hybridized carbons (Fsp3) is 0.350. The van der Waals surface area contributed by atoms with Gasteiger partial charge in [-0.05, 0) is 43.0 Å². The molecule has 0 amide bonds. The van der Waals surface area contributed by atoms with Gasteiger partial charge in [-0.15, -0.1) is 0 Å². The van der Waals surface area contributed by atoms with Gasteiger partial charge >= 0.3 is 6.18 Å². The summed E-state index contributed by atoms with van der Waals surface area (Å²) in [5.41, 5.74) is 0.0493. The third kappa shape index (κ3) is 4.24. The summed E-state index contributed by atoms with van der Waals surface area (Å²) in [5.74, 6) is 1.44. The lowest BCUT2D eigenvalue weighted by atomic mass is 9.98. The van der Waals surface area contributed by atoms with Gasteiger partial charge in [0.15, 0.2) is 0 Å². The van der Waals surface area contributed by atoms with E-state index in [0.29, 0.717) is 11.5 Å². The number of benzene rings is 1. The van der Waals surface area contributed by atoms with E-state index < -0.39 is 11.7 Å². The smallest absolute Gasteiger partial charge is 0.396 e. The topological polar surface area (TPSA) is 75.3 Å². The Kier molecular flexibility index (Phi) is 5.23. The predicted molar refractivity (Wildman–Crippen MR) is 100.0 cm³/mol. The Bertz CT molecular complexity index is 964. The number of rotatable bonds is 4. The first-order valence-electron chi connectivity index (χ1n) is 9.27. The number of aromatic nitrogens is 3. The molecule has 0 saturated carbocycles. The van der Waals surface area contributed by atoms with Gasteiger partial charge in [0, 0.05) is 31.5 Å². The van der Waals surface area contributed by atoms with Crippen LogP contribution in [0.5, 0.6) is 0 Å². The molecule has 4 rings (SSSR count). The fourth-order valence-electron chi connectivity index (χ4n) is 3.34. The Hall–Kier alpha value is -2.94. The van der Waals surface area contributed by atoms with E-state index in [0.717, 1.165) is 43.9 Å². The van der Waals surface area contributed by atoms with Crippen LogP contribution in [0.15, 0.2) is 47.1 Å². The fourth-order valence-corrected chi connectivity index (χ4v) is 3.34. The molecule has 1 N–H and O–H groups in total. The van der Waals surface area contributed by atoms with Crippen LogP contribution >= 0.6 is 0 Å². The van der Waals surface area contributed by atoms with Crippen molar-refractivity contribution < 1.29 is 22.8 Å². The SMILES string of the molecule is OCC1CCN(c2ccc(-c3nc(-c4cccc(C(F)(F)F)c4)no3)cn2)CC1. The largest absolute Gasteiger partial charge is 0.416 e. The molecule has 0 radical (unpaired) electrons. The van der Waals surface area contributed by atoms with Crippen LogP contribution in [0, 0.1) is 5.92 Å². The van der Waals surface area contributed by atoms with Crippen molar-refractivity contribution in [2.75, 3.05) is 24.6 Å². The first-order valence-corrected chi connectivity index (χ1v) is 9.27. The number of nitrogens with zero attached hydrogens (tertiary/aromatic N) is 4. The molecule has 1 saturated heterocycles. The van der Waals surface area contributed by atoms with E-state index in [1.54, 1.807) is 12.3 Å². The Balaban J connectivity index is 1.50. The van der Waals surface area contributed by atoms with Crippen molar-refractivity contribution in [1.29, 1.82) is 0 Å². The van der Waals surface area contributed by atoms with Crippen LogP contribution in [0.3, 0.4) is 0 Å². The summed E-state index contributed by atoms with van der Waals surface area (Å²) in [6.07, 6.45) is -0.987. The summed E-state index contributed by atoms with van der Waals surface area (Å²) >= 11 is 0. The number of hydrogen-bond donors (Lipinski definition) is 1. The molecule has 1 aliphatic heterocycles. The van der Waals surface area contributed by atoms with Crippen LogP contribution < -0.4 is 4.90 Å². The van der Waals surface area contributed by atoms with Crippen LogP contribution in [-0.2, 0) is 6.18 Å². The monoisotopic (exact) mass is 404 g/mol. The van der Waals surface area contributed by atoms with Gasteiger partial charge in [-0.3, -0.25) is 0 Å². The minimum absolute atomic E-state index is 0.0845. The molecule has 152 valence electrons. The van der Waals surface area contributed by atoms with E-state index in [4.69, 9.17) is 4.52 Å². The number of alkyl halides is 3. The maximum Gasteiger partial charge on any atom is 0.416 e. The second kappa shape index (κ2) is 7.82. The van der Waals surface area contributed by atoms with Crippen molar-refractivity contribution in [2.45, 2.75) is 19.0 Å². The number of pyridine rings is 1. The molecule has 0 unspecified atom stereocenters. The summed E-state index contributed by atoms with van der Waals surface area (Å²) in [4.78, 5) is 10.8. The molecule has 0 atom stereocenters. The van der Waals surface area contributed by atoms with Gasteiger partial charge in [0.1, 0.15) is 5.82 Å². The van der Waals surface area contributed by atoms with Gasteiger partial charge < -0.3 is 14.5 Å². The van der Waals surface area contributed by atoms with Gasteiger partial charge in [0.25, 0.3) is 5.89 Å². The van der Waals surface area contributed by atoms with Crippen LogP contribution in [0.25, 0.3) is 22.8 Å². The van der Waals surface area contributed by atoms with Crippen LogP contribution in [0.1, 0.15) is 18.4 Å². The maximum atomic E-state index is 12.9. The molecule has 0 spiro atoms. The van der Waals surface area contributed by atoms with E-state index in [1.807, 2.05) is 6.07 Å². The zero-order valence-corrected chi connectivity index (χ0v) is 15.4. The number of halogens is 3. The van der Waals surface area contributed by atoms with E-state index in [1.165, 1.54) is 12.1 Å². The van der Waals surface area contributed by atoms with Gasteiger partial charge in [0.05, 0.1) is 11.1 Å². The molecule has 3 heterocycles. The minimum atomic E-state index is -4.44. The van der Waals surface area contributed by atoms with Gasteiger partial charge in [-0.2, -0.15) is 18.2 Å². The average Bonchev–Trinajstić information content (AvgIpc) is 3.24. The first-order chi connectivity index (χ1) is 13.9. The molecule has 0 aliphatic carbocycles. The van der Waals surface area contributed by atoms with Gasteiger partial charge in [0.2, 0.25) is 5.82 Å². The summed E-state index contributed by atoms with van der Waals surface area (Å²) in [7, 11) is 0. The van der Waals surface area contributed by atoms with Crippen LogP contribution in [0.4, 0.5) is 19.0 Å². The third-order valence-corrected chi connectivity index (χ3v) is 5.07. The lowest BCUT2D eigenvalue weighted by Gasteiger charge is -2.31. The number of aliphatic hydroxyl groups is 1.